The number of benzene rings is 2. The largest absolute Gasteiger partial charge is 0.505 e. The third kappa shape index (κ3) is 3.72. The van der Waals surface area contributed by atoms with Gasteiger partial charge in [0.05, 0.1) is 4.92 Å². The average Bonchev–Trinajstić information content (AvgIpc) is 2.76. The fraction of sp³-hybridized carbons (Fsp3) is 0.250. The van der Waals surface area contributed by atoms with Crippen LogP contribution in [0.2, 0.25) is 0 Å². The highest BCUT2D eigenvalue weighted by Gasteiger charge is 2.33. The molecule has 0 atom stereocenters. The lowest BCUT2D eigenvalue weighted by molar-refractivity contribution is -0.387. The van der Waals surface area contributed by atoms with Gasteiger partial charge in [0.2, 0.25) is 10.0 Å². The molecule has 1 N–H and O–H groups in total. The van der Waals surface area contributed by atoms with Gasteiger partial charge in [0.15, 0.2) is 4.90 Å². The molecule has 3 aromatic rings. The van der Waals surface area contributed by atoms with E-state index in [1.165, 1.54) is 28.6 Å². The van der Waals surface area contributed by atoms with Crippen molar-refractivity contribution in [1.29, 1.82) is 0 Å². The van der Waals surface area contributed by atoms with Gasteiger partial charge in [-0.15, -0.1) is 0 Å². The number of phenols is 1. The van der Waals surface area contributed by atoms with Gasteiger partial charge in [-0.25, -0.2) is 8.42 Å². The van der Waals surface area contributed by atoms with E-state index in [2.05, 4.69) is 4.98 Å². The molecule has 0 bridgehead atoms. The molecule has 1 aliphatic rings. The third-order valence-corrected chi connectivity index (χ3v) is 7.18. The summed E-state index contributed by atoms with van der Waals surface area (Å²) >= 11 is 0. The lowest BCUT2D eigenvalue weighted by atomic mass is 10.1. The minimum Gasteiger partial charge on any atom is -0.505 e. The van der Waals surface area contributed by atoms with Gasteiger partial charge in [0, 0.05) is 55.9 Å². The second-order valence-electron chi connectivity index (χ2n) is 7.05. The van der Waals surface area contributed by atoms with E-state index >= 15 is 0 Å². The van der Waals surface area contributed by atoms with E-state index in [1.54, 1.807) is 12.3 Å². The van der Waals surface area contributed by atoms with Crippen LogP contribution in [-0.2, 0) is 16.6 Å². The second-order valence-corrected chi connectivity index (χ2v) is 8.96. The fourth-order valence-electron chi connectivity index (χ4n) is 3.63. The Balaban J connectivity index is 1.48. The van der Waals surface area contributed by atoms with Gasteiger partial charge in [-0.3, -0.25) is 20.0 Å². The normalized spacial score (nSPS) is 16.0. The highest BCUT2D eigenvalue weighted by molar-refractivity contribution is 7.89. The van der Waals surface area contributed by atoms with E-state index in [1.807, 2.05) is 23.1 Å². The molecule has 4 rings (SSSR count). The Hall–Kier alpha value is -3.08. The van der Waals surface area contributed by atoms with Gasteiger partial charge in [0.1, 0.15) is 11.3 Å². The van der Waals surface area contributed by atoms with Crippen molar-refractivity contribution in [2.24, 2.45) is 0 Å². The third-order valence-electron chi connectivity index (χ3n) is 5.24. The summed E-state index contributed by atoms with van der Waals surface area (Å²) in [5, 5.41) is 22.6. The predicted octanol–water partition coefficient (Wildman–Crippen LogP) is 2.36. The summed E-state index contributed by atoms with van der Waals surface area (Å²) in [6.07, 6.45) is 1.62. The van der Waals surface area contributed by atoms with E-state index in [9.17, 15) is 23.6 Å². The molecule has 30 heavy (non-hydrogen) atoms. The number of sulfonamides is 1. The van der Waals surface area contributed by atoms with Crippen LogP contribution >= 0.6 is 0 Å². The number of nitrogens with zero attached hydrogens (tertiary/aromatic N) is 4. The zero-order valence-corrected chi connectivity index (χ0v) is 16.8. The highest BCUT2D eigenvalue weighted by atomic mass is 32.2. The van der Waals surface area contributed by atoms with Crippen LogP contribution in [0.1, 0.15) is 5.56 Å². The summed E-state index contributed by atoms with van der Waals surface area (Å²) in [5.74, 6) is 0.128. The van der Waals surface area contributed by atoms with Crippen LogP contribution in [0.25, 0.3) is 10.9 Å². The molecule has 0 amide bonds. The van der Waals surface area contributed by atoms with Crippen LogP contribution in [-0.4, -0.2) is 58.8 Å². The van der Waals surface area contributed by atoms with Gasteiger partial charge in [-0.05, 0) is 12.1 Å². The van der Waals surface area contributed by atoms with Crippen LogP contribution in [0.3, 0.4) is 0 Å². The standard InChI is InChI=1S/C20H20N4O5S/c25-20-16(8-7-15-4-3-9-21-19(15)20)14-22-10-12-23(13-11-22)30(28,29)18-6-2-1-5-17(18)24(26)27/h1-9,25H,10-14H2. The van der Waals surface area contributed by atoms with Crippen molar-refractivity contribution in [3.63, 3.8) is 0 Å². The van der Waals surface area contributed by atoms with Crippen LogP contribution in [0.15, 0.2) is 59.6 Å². The average molecular weight is 428 g/mol. The van der Waals surface area contributed by atoms with Gasteiger partial charge in [0.25, 0.3) is 5.69 Å². The molecule has 1 aliphatic heterocycles. The smallest absolute Gasteiger partial charge is 0.289 e. The summed E-state index contributed by atoms with van der Waals surface area (Å²) in [7, 11) is -3.97. The Bertz CT molecular complexity index is 1210. The number of nitro groups is 1. The molecule has 156 valence electrons. The van der Waals surface area contributed by atoms with Crippen molar-refractivity contribution in [1.82, 2.24) is 14.2 Å². The van der Waals surface area contributed by atoms with Crippen molar-refractivity contribution in [3.8, 4) is 5.75 Å². The molecule has 1 fully saturated rings. The molecule has 2 heterocycles. The highest BCUT2D eigenvalue weighted by Crippen LogP contribution is 2.29. The van der Waals surface area contributed by atoms with Crippen LogP contribution in [0, 0.1) is 10.1 Å². The van der Waals surface area contributed by atoms with E-state index in [0.717, 1.165) is 10.9 Å². The zero-order valence-electron chi connectivity index (χ0n) is 16.0. The maximum absolute atomic E-state index is 12.9. The monoisotopic (exact) mass is 428 g/mol. The maximum atomic E-state index is 12.9. The number of nitro benzene ring substituents is 1. The van der Waals surface area contributed by atoms with Crippen molar-refractivity contribution in [3.05, 3.63) is 70.4 Å². The van der Waals surface area contributed by atoms with E-state index in [0.29, 0.717) is 25.2 Å². The van der Waals surface area contributed by atoms with Crippen molar-refractivity contribution in [2.75, 3.05) is 26.2 Å². The summed E-state index contributed by atoms with van der Waals surface area (Å²) in [5.41, 5.74) is 0.831. The van der Waals surface area contributed by atoms with E-state index < -0.39 is 20.6 Å². The zero-order chi connectivity index (χ0) is 21.3. The Kier molecular flexibility index (Phi) is 5.37. The molecule has 0 saturated carbocycles. The summed E-state index contributed by atoms with van der Waals surface area (Å²) < 4.78 is 27.1. The number of hydrogen-bond acceptors (Lipinski definition) is 7. The molecule has 0 aliphatic carbocycles. The first-order valence-corrected chi connectivity index (χ1v) is 10.8. The number of rotatable bonds is 5. The quantitative estimate of drug-likeness (QED) is 0.490. The number of aromatic nitrogens is 1. The van der Waals surface area contributed by atoms with Gasteiger partial charge in [-0.1, -0.05) is 30.3 Å². The molecule has 0 unspecified atom stereocenters. The second kappa shape index (κ2) is 7.98. The Morgan fingerprint density at radius 2 is 1.77 bits per heavy atom. The molecule has 1 saturated heterocycles. The maximum Gasteiger partial charge on any atom is 0.289 e. The minimum absolute atomic E-state index is 0.128. The van der Waals surface area contributed by atoms with Crippen LogP contribution < -0.4 is 0 Å². The van der Waals surface area contributed by atoms with E-state index in [-0.39, 0.29) is 23.7 Å². The molecule has 2 aromatic carbocycles. The summed E-state index contributed by atoms with van der Waals surface area (Å²) in [6, 6.07) is 12.8. The van der Waals surface area contributed by atoms with Gasteiger partial charge >= 0.3 is 0 Å². The number of piperazine rings is 1. The number of aromatic hydroxyl groups is 1. The summed E-state index contributed by atoms with van der Waals surface area (Å²) in [4.78, 5) is 16.5. The van der Waals surface area contributed by atoms with E-state index in [4.69, 9.17) is 0 Å². The Morgan fingerprint density at radius 3 is 2.50 bits per heavy atom. The number of fused-ring (bicyclic) bond motifs is 1. The Morgan fingerprint density at radius 1 is 1.03 bits per heavy atom. The first-order chi connectivity index (χ1) is 14.4. The van der Waals surface area contributed by atoms with Gasteiger partial charge < -0.3 is 5.11 Å². The molecular weight excluding hydrogens is 408 g/mol. The molecule has 0 spiro atoms. The topological polar surface area (TPSA) is 117 Å². The van der Waals surface area contributed by atoms with Crippen molar-refractivity contribution < 1.29 is 18.4 Å². The van der Waals surface area contributed by atoms with Crippen molar-refractivity contribution in [2.45, 2.75) is 11.4 Å². The van der Waals surface area contributed by atoms with Crippen molar-refractivity contribution >= 4 is 26.6 Å². The molecular formula is C20H20N4O5S. The molecule has 1 aromatic heterocycles. The molecule has 0 radical (unpaired) electrons. The SMILES string of the molecule is O=[N+]([O-])c1ccccc1S(=O)(=O)N1CCN(Cc2ccc3cccnc3c2O)CC1. The number of phenolic OH excluding ortho intramolecular Hbond substituents is 1. The minimum atomic E-state index is -3.97. The number of hydrogen-bond donors (Lipinski definition) is 1. The molecule has 10 heteroatoms. The lowest BCUT2D eigenvalue weighted by Crippen LogP contribution is -2.48. The van der Waals surface area contributed by atoms with Crippen LogP contribution in [0.5, 0.6) is 5.75 Å². The Labute approximate surface area is 173 Å². The number of para-hydroxylation sites is 1. The molecule has 9 nitrogen and oxygen atoms in total. The number of pyridine rings is 1. The first kappa shape index (κ1) is 20.2. The van der Waals surface area contributed by atoms with Crippen LogP contribution in [0.4, 0.5) is 5.69 Å². The van der Waals surface area contributed by atoms with Gasteiger partial charge in [-0.2, -0.15) is 4.31 Å². The summed E-state index contributed by atoms with van der Waals surface area (Å²) in [6.45, 7) is 1.76. The fourth-order valence-corrected chi connectivity index (χ4v) is 5.21. The lowest BCUT2D eigenvalue weighted by Gasteiger charge is -2.34. The first-order valence-electron chi connectivity index (χ1n) is 9.39. The predicted molar refractivity (Wildman–Crippen MR) is 111 cm³/mol.